The van der Waals surface area contributed by atoms with E-state index in [2.05, 4.69) is 501 Å². The Morgan fingerprint density at radius 1 is 0.165 bits per heavy atom. The molecule has 133 heavy (non-hydrogen) atoms. The summed E-state index contributed by atoms with van der Waals surface area (Å²) in [5, 5.41) is 17.5. The molecule has 0 fully saturated rings. The van der Waals surface area contributed by atoms with Gasteiger partial charge in [-0.3, -0.25) is 0 Å². The van der Waals surface area contributed by atoms with Crippen molar-refractivity contribution in [2.75, 3.05) is 9.80 Å². The average Bonchev–Trinajstić information content (AvgIpc) is 1.54. The molecule has 7 heteroatoms. The van der Waals surface area contributed by atoms with Gasteiger partial charge in [0.15, 0.2) is 0 Å². The average molecular weight is 1690 g/mol. The fraction of sp³-hybridized carbons (Fsp3) is 0. The lowest BCUT2D eigenvalue weighted by Crippen LogP contribution is -2.09. The molecule has 620 valence electrons. The summed E-state index contributed by atoms with van der Waals surface area (Å²) in [6, 6.07) is 177. The predicted octanol–water partition coefficient (Wildman–Crippen LogP) is 34.7. The molecule has 21 aromatic carbocycles. The fourth-order valence-electron chi connectivity index (χ4n) is 21.6. The number of anilines is 6. The first kappa shape index (κ1) is 75.4. The van der Waals surface area contributed by atoms with Gasteiger partial charge in [0.05, 0.1) is 55.2 Å². The highest BCUT2D eigenvalue weighted by Crippen LogP contribution is 2.49. The lowest BCUT2D eigenvalue weighted by molar-refractivity contribution is 0.670. The zero-order valence-electron chi connectivity index (χ0n) is 72.3. The Kier molecular flexibility index (Phi) is 17.3. The maximum absolute atomic E-state index is 6.48. The molecule has 0 saturated carbocycles. The molecule has 0 radical (unpaired) electrons. The quantitative estimate of drug-likeness (QED) is 0.109. The normalized spacial score (nSPS) is 11.9. The molecule has 0 bridgehead atoms. The number of fused-ring (bicyclic) bond motifs is 21. The summed E-state index contributed by atoms with van der Waals surface area (Å²) >= 11 is 0. The molecule has 0 aliphatic heterocycles. The topological polar surface area (TPSA) is 38.3 Å². The molecular weight excluding hydrogens is 1610 g/mol. The van der Waals surface area contributed by atoms with Gasteiger partial charge in [-0.25, -0.2) is 0 Å². The van der Waals surface area contributed by atoms with E-state index in [-0.39, 0.29) is 0 Å². The molecule has 0 N–H and O–H groups in total. The third kappa shape index (κ3) is 12.1. The van der Waals surface area contributed by atoms with Gasteiger partial charge in [0, 0.05) is 126 Å². The minimum atomic E-state index is 0.902. The van der Waals surface area contributed by atoms with Crippen LogP contribution in [-0.2, 0) is 0 Å². The number of furan rings is 1. The van der Waals surface area contributed by atoms with Crippen molar-refractivity contribution in [1.29, 1.82) is 0 Å². The lowest BCUT2D eigenvalue weighted by Gasteiger charge is -2.26. The molecule has 0 saturated heterocycles. The van der Waals surface area contributed by atoms with Crippen LogP contribution in [0.25, 0.3) is 220 Å². The van der Waals surface area contributed by atoms with Crippen LogP contribution in [0.5, 0.6) is 0 Å². The first-order valence-corrected chi connectivity index (χ1v) is 45.7. The summed E-state index contributed by atoms with van der Waals surface area (Å²) < 4.78 is 16.1. The Balaban J connectivity index is 0.000000137. The molecule has 7 nitrogen and oxygen atoms in total. The number of benzene rings is 21. The van der Waals surface area contributed by atoms with Crippen LogP contribution in [-0.4, -0.2) is 17.9 Å². The van der Waals surface area contributed by atoms with Gasteiger partial charge < -0.3 is 32.2 Å². The summed E-state index contributed by atoms with van der Waals surface area (Å²) in [5.74, 6) is 0. The zero-order valence-corrected chi connectivity index (χ0v) is 72.3. The number of para-hydroxylation sites is 10. The maximum Gasteiger partial charge on any atom is 0.143 e. The van der Waals surface area contributed by atoms with Gasteiger partial charge in [-0.2, -0.15) is 0 Å². The van der Waals surface area contributed by atoms with E-state index < -0.39 is 0 Å². The zero-order chi connectivity index (χ0) is 87.3. The smallest absolute Gasteiger partial charge is 0.143 e. The second-order valence-electron chi connectivity index (χ2n) is 35.0. The van der Waals surface area contributed by atoms with Crippen LogP contribution < -0.4 is 9.80 Å². The van der Waals surface area contributed by atoms with Crippen molar-refractivity contribution in [2.45, 2.75) is 0 Å². The molecule has 7 aromatic heterocycles. The maximum atomic E-state index is 6.48. The molecular formula is C126H80N6O. The highest BCUT2D eigenvalue weighted by atomic mass is 16.3. The second-order valence-corrected chi connectivity index (χ2v) is 35.0. The number of nitrogens with zero attached hydrogens (tertiary/aromatic N) is 6. The summed E-state index contributed by atoms with van der Waals surface area (Å²) in [4.78, 5) is 4.74. The Labute approximate surface area is 766 Å². The van der Waals surface area contributed by atoms with Gasteiger partial charge in [-0.05, 0) is 243 Å². The van der Waals surface area contributed by atoms with Crippen molar-refractivity contribution in [3.8, 4) is 78.1 Å². The van der Waals surface area contributed by atoms with E-state index in [9.17, 15) is 0 Å². The molecule has 0 aliphatic rings. The van der Waals surface area contributed by atoms with Crippen LogP contribution in [0.1, 0.15) is 0 Å². The third-order valence-corrected chi connectivity index (χ3v) is 27.7. The second kappa shape index (κ2) is 30.5. The Bertz CT molecular complexity index is 9230. The van der Waals surface area contributed by atoms with E-state index in [1.807, 2.05) is 12.1 Å². The summed E-state index contributed by atoms with van der Waals surface area (Å²) in [6.07, 6.45) is 0. The minimum Gasteiger partial charge on any atom is -0.455 e. The lowest BCUT2D eigenvalue weighted by atomic mass is 9.98. The van der Waals surface area contributed by atoms with Crippen molar-refractivity contribution in [1.82, 2.24) is 17.9 Å². The van der Waals surface area contributed by atoms with Crippen LogP contribution >= 0.6 is 0 Å². The SMILES string of the molecule is c1ccc(-c2ccc(N(c3ccc(-c4cc5c6ccccc6n6c7ccccc7c(c4)c56)cc3)c3ccc(-c4cccc5c4c4ccccc4n5-c4ccccc4)cc3)cc2)cc1.c1ccc(-n2c3ccccc3c3cc(-c4ccc(N(c5ccc(-c6cc7c8ccccc8n8c9ccccc9c(c6)c78)cc5)c5ccc(-c6cccc7c6oc6ccccc67)cc5)cc4)ccc32)cc1. The van der Waals surface area contributed by atoms with Crippen LogP contribution in [0.2, 0.25) is 0 Å². The van der Waals surface area contributed by atoms with Crippen molar-refractivity contribution >= 4 is 176 Å². The van der Waals surface area contributed by atoms with Crippen molar-refractivity contribution in [2.24, 2.45) is 0 Å². The fourth-order valence-corrected chi connectivity index (χ4v) is 21.6. The van der Waals surface area contributed by atoms with Crippen molar-refractivity contribution in [3.05, 3.63) is 485 Å². The molecule has 0 spiro atoms. The molecule has 28 rings (SSSR count). The molecule has 28 aromatic rings. The van der Waals surface area contributed by atoms with E-state index in [0.29, 0.717) is 0 Å². The predicted molar refractivity (Wildman–Crippen MR) is 560 cm³/mol. The third-order valence-electron chi connectivity index (χ3n) is 27.7. The summed E-state index contributed by atoms with van der Waals surface area (Å²) in [5.41, 5.74) is 37.1. The Morgan fingerprint density at radius 3 is 0.902 bits per heavy atom. The van der Waals surface area contributed by atoms with E-state index in [1.165, 1.54) is 175 Å². The first-order chi connectivity index (χ1) is 66.0. The highest BCUT2D eigenvalue weighted by Gasteiger charge is 2.26. The van der Waals surface area contributed by atoms with Gasteiger partial charge in [0.1, 0.15) is 11.2 Å². The van der Waals surface area contributed by atoms with Crippen LogP contribution in [0.15, 0.2) is 490 Å². The number of hydrogen-bond donors (Lipinski definition) is 0. The van der Waals surface area contributed by atoms with E-state index in [1.54, 1.807) is 0 Å². The van der Waals surface area contributed by atoms with Gasteiger partial charge >= 0.3 is 0 Å². The van der Waals surface area contributed by atoms with Crippen molar-refractivity contribution in [3.63, 3.8) is 0 Å². The van der Waals surface area contributed by atoms with Gasteiger partial charge in [-0.15, -0.1) is 0 Å². The van der Waals surface area contributed by atoms with Gasteiger partial charge in [0.25, 0.3) is 0 Å². The van der Waals surface area contributed by atoms with E-state index in [4.69, 9.17) is 4.42 Å². The number of rotatable bonds is 14. The highest BCUT2D eigenvalue weighted by molar-refractivity contribution is 6.27. The molecule has 0 amide bonds. The van der Waals surface area contributed by atoms with Crippen molar-refractivity contribution < 1.29 is 4.42 Å². The molecule has 7 heterocycles. The Hall–Kier alpha value is -17.8. The number of aromatic nitrogens is 4. The molecule has 0 aliphatic carbocycles. The van der Waals surface area contributed by atoms with Gasteiger partial charge in [0.2, 0.25) is 0 Å². The monoisotopic (exact) mass is 1690 g/mol. The summed E-state index contributed by atoms with van der Waals surface area (Å²) in [7, 11) is 0. The number of hydrogen-bond acceptors (Lipinski definition) is 3. The Morgan fingerprint density at radius 2 is 0.451 bits per heavy atom. The standard InChI is InChI=1S/C66H41N3O.C60H39N3/c1-2-13-47(14-3-1)68-60-21-8-4-15-52(60)57-39-45(31-38-63(57)68)42-25-32-48(33-26-42)67(50-36-29-44(30-37-50)51-19-12-20-56-55-18-7-11-24-64(55)70-66(51)56)49-34-27-43(28-35-49)46-40-58-53-16-5-9-22-61(53)69-62-23-10-6-17-54(62)59(41-46)65(58)69;1-3-14-40(15-4-1)41-26-32-46(33-27-41)61(48-36-30-43(31-37-48)49-21-13-25-58-59(49)52-20-9-12-24-57(52)62(58)45-16-5-2-6-17-45)47-34-28-42(29-35-47)44-38-53-50-18-7-10-22-55(50)63-56-23-11-8-19-51(56)54(39-44)60(53)63/h1-41H;1-39H. The minimum absolute atomic E-state index is 0.902. The molecule has 0 unspecified atom stereocenters. The largest absolute Gasteiger partial charge is 0.455 e. The first-order valence-electron chi connectivity index (χ1n) is 45.7. The van der Waals surface area contributed by atoms with E-state index in [0.717, 1.165) is 78.6 Å². The van der Waals surface area contributed by atoms with E-state index >= 15 is 0 Å². The summed E-state index contributed by atoms with van der Waals surface area (Å²) in [6.45, 7) is 0. The van der Waals surface area contributed by atoms with Crippen LogP contribution in [0, 0.1) is 0 Å². The van der Waals surface area contributed by atoms with Crippen LogP contribution in [0.4, 0.5) is 34.1 Å². The van der Waals surface area contributed by atoms with Crippen LogP contribution in [0.3, 0.4) is 0 Å². The van der Waals surface area contributed by atoms with Gasteiger partial charge in [-0.1, -0.05) is 303 Å². The molecule has 0 atom stereocenters.